The fraction of sp³-hybridized carbons (Fsp3) is 0.125. The summed E-state index contributed by atoms with van der Waals surface area (Å²) < 4.78 is 6.02. The minimum absolute atomic E-state index is 0.137. The molecule has 0 amide bonds. The molecule has 9 nitrogen and oxygen atoms in total. The molecule has 126 valence electrons. The Morgan fingerprint density at radius 1 is 1.24 bits per heavy atom. The molecule has 0 unspecified atom stereocenters. The van der Waals surface area contributed by atoms with Crippen LogP contribution < -0.4 is 5.73 Å². The molecule has 9 heteroatoms. The first-order valence-corrected chi connectivity index (χ1v) is 7.47. The lowest BCUT2D eigenvalue weighted by atomic mass is 10.2. The van der Waals surface area contributed by atoms with Gasteiger partial charge in [-0.1, -0.05) is 41.6 Å². The highest BCUT2D eigenvalue weighted by atomic mass is 16.6. The van der Waals surface area contributed by atoms with Gasteiger partial charge in [0.25, 0.3) is 0 Å². The Labute approximate surface area is 143 Å². The molecule has 0 saturated carbocycles. The van der Waals surface area contributed by atoms with Gasteiger partial charge in [-0.3, -0.25) is 0 Å². The van der Waals surface area contributed by atoms with Crippen molar-refractivity contribution >= 4 is 23.8 Å². The maximum Gasteiger partial charge on any atom is 0.243 e. The highest BCUT2D eigenvalue weighted by Gasteiger charge is 2.17. The molecule has 0 atom stereocenters. The first-order chi connectivity index (χ1) is 12.2. The van der Waals surface area contributed by atoms with Crippen molar-refractivity contribution in [2.24, 2.45) is 10.2 Å². The molecule has 2 heterocycles. The summed E-state index contributed by atoms with van der Waals surface area (Å²) in [6.45, 7) is 3.62. The number of hydrogen-bond donors (Lipinski definition) is 1. The average Bonchev–Trinajstić information content (AvgIpc) is 3.20. The van der Waals surface area contributed by atoms with Gasteiger partial charge in [-0.25, -0.2) is 4.63 Å². The zero-order valence-electron chi connectivity index (χ0n) is 13.7. The standard InChI is InChI=1S/C16H16N8O/c1-11(19-18-10-6-9-13-7-4-3-5-8-13)14-12(2)24(23-20-14)16-15(17)21-25-22-16/h3-10H,1-2H3,(H2,17,21)/b9-6+,18-10+,19-11+. The van der Waals surface area contributed by atoms with Crippen molar-refractivity contribution in [1.82, 2.24) is 25.3 Å². The molecule has 2 N–H and O–H groups in total. The molecular weight excluding hydrogens is 320 g/mol. The van der Waals surface area contributed by atoms with Crippen LogP contribution in [-0.2, 0) is 0 Å². The average molecular weight is 336 g/mol. The number of hydrogen-bond acceptors (Lipinski definition) is 8. The molecule has 0 aliphatic rings. The Bertz CT molecular complexity index is 936. The molecule has 2 aromatic heterocycles. The normalized spacial score (nSPS) is 12.5. The largest absolute Gasteiger partial charge is 0.378 e. The van der Waals surface area contributed by atoms with Gasteiger partial charge in [-0.15, -0.1) is 5.10 Å². The second-order valence-electron chi connectivity index (χ2n) is 5.13. The fourth-order valence-electron chi connectivity index (χ4n) is 2.13. The summed E-state index contributed by atoms with van der Waals surface area (Å²) in [5.74, 6) is 0.427. The van der Waals surface area contributed by atoms with Gasteiger partial charge in [0.1, 0.15) is 5.69 Å². The lowest BCUT2D eigenvalue weighted by Crippen LogP contribution is -2.04. The smallest absolute Gasteiger partial charge is 0.243 e. The van der Waals surface area contributed by atoms with Crippen molar-refractivity contribution < 1.29 is 4.63 Å². The van der Waals surface area contributed by atoms with Gasteiger partial charge in [-0.05, 0) is 35.8 Å². The molecule has 0 spiro atoms. The summed E-state index contributed by atoms with van der Waals surface area (Å²) in [6, 6.07) is 9.93. The summed E-state index contributed by atoms with van der Waals surface area (Å²) in [5.41, 5.74) is 8.67. The quantitative estimate of drug-likeness (QED) is 0.562. The van der Waals surface area contributed by atoms with Gasteiger partial charge < -0.3 is 5.73 Å². The first-order valence-electron chi connectivity index (χ1n) is 7.47. The monoisotopic (exact) mass is 336 g/mol. The number of nitrogen functional groups attached to an aromatic ring is 1. The number of aromatic nitrogens is 5. The topological polar surface area (TPSA) is 120 Å². The molecule has 0 radical (unpaired) electrons. The summed E-state index contributed by atoms with van der Waals surface area (Å²) in [7, 11) is 0. The van der Waals surface area contributed by atoms with E-state index in [9.17, 15) is 0 Å². The van der Waals surface area contributed by atoms with Gasteiger partial charge in [-0.2, -0.15) is 14.9 Å². The summed E-state index contributed by atoms with van der Waals surface area (Å²) >= 11 is 0. The lowest BCUT2D eigenvalue weighted by molar-refractivity contribution is 0.306. The van der Waals surface area contributed by atoms with E-state index in [4.69, 9.17) is 5.73 Å². The highest BCUT2D eigenvalue weighted by molar-refractivity contribution is 5.98. The minimum Gasteiger partial charge on any atom is -0.378 e. The fourth-order valence-corrected chi connectivity index (χ4v) is 2.13. The third kappa shape index (κ3) is 3.66. The highest BCUT2D eigenvalue weighted by Crippen LogP contribution is 2.15. The zero-order valence-corrected chi connectivity index (χ0v) is 13.7. The molecule has 0 aliphatic heterocycles. The number of anilines is 1. The van der Waals surface area contributed by atoms with Crippen LogP contribution in [0.4, 0.5) is 5.82 Å². The van der Waals surface area contributed by atoms with E-state index in [0.29, 0.717) is 22.9 Å². The molecule has 0 aliphatic carbocycles. The van der Waals surface area contributed by atoms with E-state index in [1.54, 1.807) is 13.1 Å². The van der Waals surface area contributed by atoms with E-state index in [1.165, 1.54) is 4.68 Å². The molecular formula is C16H16N8O. The summed E-state index contributed by atoms with van der Waals surface area (Å²) in [4.78, 5) is 0. The number of nitrogens with two attached hydrogens (primary N) is 1. The van der Waals surface area contributed by atoms with Crippen molar-refractivity contribution in [3.8, 4) is 5.82 Å². The van der Waals surface area contributed by atoms with Gasteiger partial charge in [0.2, 0.25) is 11.6 Å². The lowest BCUT2D eigenvalue weighted by Gasteiger charge is -1.98. The molecule has 1 aromatic carbocycles. The predicted octanol–water partition coefficient (Wildman–Crippen LogP) is 2.05. The van der Waals surface area contributed by atoms with Crippen LogP contribution in [0.5, 0.6) is 0 Å². The van der Waals surface area contributed by atoms with Crippen LogP contribution in [0, 0.1) is 6.92 Å². The van der Waals surface area contributed by atoms with Crippen LogP contribution in [0.1, 0.15) is 23.9 Å². The second-order valence-corrected chi connectivity index (χ2v) is 5.13. The SMILES string of the molecule is C\C(=N/N=C/C=C/c1ccccc1)c1nnn(-c2nonc2N)c1C. The maximum absolute atomic E-state index is 5.67. The number of nitrogens with zero attached hydrogens (tertiary/aromatic N) is 7. The Morgan fingerprint density at radius 3 is 2.76 bits per heavy atom. The Hall–Kier alpha value is -3.62. The van der Waals surface area contributed by atoms with E-state index in [0.717, 1.165) is 5.56 Å². The minimum atomic E-state index is 0.137. The van der Waals surface area contributed by atoms with E-state index in [2.05, 4.69) is 35.5 Å². The number of allylic oxidation sites excluding steroid dienone is 1. The van der Waals surface area contributed by atoms with E-state index in [-0.39, 0.29) is 5.82 Å². The van der Waals surface area contributed by atoms with Crippen molar-refractivity contribution in [3.63, 3.8) is 0 Å². The number of benzene rings is 1. The molecule has 3 aromatic rings. The molecule has 3 rings (SSSR count). The van der Waals surface area contributed by atoms with Crippen LogP contribution in [0.3, 0.4) is 0 Å². The number of rotatable bonds is 5. The van der Waals surface area contributed by atoms with E-state index in [1.807, 2.05) is 49.4 Å². The van der Waals surface area contributed by atoms with Crippen molar-refractivity contribution in [2.45, 2.75) is 13.8 Å². The van der Waals surface area contributed by atoms with E-state index >= 15 is 0 Å². The molecule has 0 fully saturated rings. The zero-order chi connectivity index (χ0) is 17.6. The third-order valence-corrected chi connectivity index (χ3v) is 3.38. The summed E-state index contributed by atoms with van der Waals surface area (Å²) in [5, 5.41) is 23.5. The van der Waals surface area contributed by atoms with E-state index < -0.39 is 0 Å². The van der Waals surface area contributed by atoms with Gasteiger partial charge in [0.15, 0.2) is 0 Å². The van der Waals surface area contributed by atoms with Gasteiger partial charge in [0.05, 0.1) is 11.4 Å². The molecule has 25 heavy (non-hydrogen) atoms. The van der Waals surface area contributed by atoms with Crippen molar-refractivity contribution in [3.05, 3.63) is 53.4 Å². The van der Waals surface area contributed by atoms with Crippen LogP contribution >= 0.6 is 0 Å². The predicted molar refractivity (Wildman–Crippen MR) is 94.5 cm³/mol. The van der Waals surface area contributed by atoms with Crippen molar-refractivity contribution in [2.75, 3.05) is 5.73 Å². The van der Waals surface area contributed by atoms with Crippen LogP contribution in [-0.4, -0.2) is 37.2 Å². The van der Waals surface area contributed by atoms with Crippen molar-refractivity contribution in [1.29, 1.82) is 0 Å². The Balaban J connectivity index is 1.73. The van der Waals surface area contributed by atoms with Crippen LogP contribution in [0.2, 0.25) is 0 Å². The molecule has 0 saturated heterocycles. The Morgan fingerprint density at radius 2 is 2.04 bits per heavy atom. The van der Waals surface area contributed by atoms with Gasteiger partial charge in [0, 0.05) is 6.21 Å². The third-order valence-electron chi connectivity index (χ3n) is 3.38. The van der Waals surface area contributed by atoms with Crippen LogP contribution in [0.15, 0.2) is 51.2 Å². The molecule has 0 bridgehead atoms. The Kier molecular flexibility index (Phi) is 4.74. The van der Waals surface area contributed by atoms with Gasteiger partial charge >= 0.3 is 0 Å². The maximum atomic E-state index is 5.67. The first kappa shape index (κ1) is 16.2. The summed E-state index contributed by atoms with van der Waals surface area (Å²) in [6.07, 6.45) is 5.36. The van der Waals surface area contributed by atoms with Crippen LogP contribution in [0.25, 0.3) is 11.9 Å². The second kappa shape index (κ2) is 7.30.